The summed E-state index contributed by atoms with van der Waals surface area (Å²) >= 11 is 0. The summed E-state index contributed by atoms with van der Waals surface area (Å²) in [6.07, 6.45) is 0.436. The first kappa shape index (κ1) is 22.1. The number of nitrogens with one attached hydrogen (secondary N) is 1. The van der Waals surface area contributed by atoms with Crippen LogP contribution in [0.1, 0.15) is 12.8 Å². The van der Waals surface area contributed by atoms with E-state index in [0.29, 0.717) is 17.9 Å². The summed E-state index contributed by atoms with van der Waals surface area (Å²) in [5.74, 6) is 4.98. The fourth-order valence-corrected chi connectivity index (χ4v) is 3.60. The highest BCUT2D eigenvalue weighted by molar-refractivity contribution is 7.89. The highest BCUT2D eigenvalue weighted by Gasteiger charge is 2.26. The largest absolute Gasteiger partial charge is 0.457 e. The minimum atomic E-state index is -4.00. The quantitative estimate of drug-likeness (QED) is 0.187. The maximum atomic E-state index is 12.6. The molecule has 0 aliphatic heterocycles. The van der Waals surface area contributed by atoms with E-state index in [4.69, 9.17) is 22.1 Å². The molecule has 0 radical (unpaired) electrons. The lowest BCUT2D eigenvalue weighted by molar-refractivity contribution is -0.146. The number of benzene rings is 2. The Balaban J connectivity index is 2.06. The van der Waals surface area contributed by atoms with Crippen LogP contribution in [0.2, 0.25) is 0 Å². The van der Waals surface area contributed by atoms with Crippen molar-refractivity contribution in [3.05, 3.63) is 54.6 Å². The maximum absolute atomic E-state index is 12.6. The summed E-state index contributed by atoms with van der Waals surface area (Å²) in [5.41, 5.74) is 10.5. The Kier molecular flexibility index (Phi) is 7.95. The van der Waals surface area contributed by atoms with Gasteiger partial charge in [-0.2, -0.15) is 10.6 Å². The first-order chi connectivity index (χ1) is 13.8. The molecule has 2 aromatic rings. The molecule has 2 aromatic carbocycles. The molecule has 0 unspecified atom stereocenters. The van der Waals surface area contributed by atoms with Crippen LogP contribution in [0.15, 0.2) is 64.5 Å². The molecule has 7 N–H and O–H groups in total. The molecule has 0 aliphatic rings. The first-order valence-corrected chi connectivity index (χ1v) is 10.1. The number of rotatable bonds is 10. The second kappa shape index (κ2) is 10.4. The zero-order valence-electron chi connectivity index (χ0n) is 15.5. The van der Waals surface area contributed by atoms with Crippen LogP contribution in [0.25, 0.3) is 0 Å². The van der Waals surface area contributed by atoms with Crippen molar-refractivity contribution in [2.24, 2.45) is 22.4 Å². The molecule has 0 saturated heterocycles. The van der Waals surface area contributed by atoms with Crippen molar-refractivity contribution in [2.75, 3.05) is 6.54 Å². The average molecular weight is 421 g/mol. The number of ether oxygens (including phenoxy) is 1. The molecular formula is C18H23N5O5S. The van der Waals surface area contributed by atoms with Gasteiger partial charge in [0.05, 0.1) is 4.90 Å². The number of aliphatic imine (C=N–C) groups is 1. The Bertz CT molecular complexity index is 929. The van der Waals surface area contributed by atoms with Crippen molar-refractivity contribution >= 4 is 22.0 Å². The predicted octanol–water partition coefficient (Wildman–Crippen LogP) is 0.596. The molecule has 11 heteroatoms. The number of carbonyl (C=O) groups excluding carboxylic acids is 1. The number of carbonyl (C=O) groups is 1. The predicted molar refractivity (Wildman–Crippen MR) is 107 cm³/mol. The second-order valence-electron chi connectivity index (χ2n) is 5.95. The van der Waals surface area contributed by atoms with E-state index in [9.17, 15) is 13.2 Å². The first-order valence-electron chi connectivity index (χ1n) is 8.63. The summed E-state index contributed by atoms with van der Waals surface area (Å²) in [6, 6.07) is 13.6. The molecule has 2 rings (SSSR count). The van der Waals surface area contributed by atoms with Crippen LogP contribution in [0, 0.1) is 0 Å². The van der Waals surface area contributed by atoms with Gasteiger partial charge in [0.25, 0.3) is 0 Å². The van der Waals surface area contributed by atoms with Gasteiger partial charge >= 0.3 is 5.97 Å². The summed E-state index contributed by atoms with van der Waals surface area (Å²) in [4.78, 5) is 19.7. The van der Waals surface area contributed by atoms with Gasteiger partial charge in [-0.1, -0.05) is 18.2 Å². The van der Waals surface area contributed by atoms with Gasteiger partial charge in [-0.05, 0) is 49.2 Å². The van der Waals surface area contributed by atoms with Crippen LogP contribution < -0.4 is 26.8 Å². The van der Waals surface area contributed by atoms with Gasteiger partial charge in [0, 0.05) is 6.54 Å². The molecule has 10 nitrogen and oxygen atoms in total. The van der Waals surface area contributed by atoms with Gasteiger partial charge in [0.1, 0.15) is 17.5 Å². The van der Waals surface area contributed by atoms with Crippen molar-refractivity contribution in [3.8, 4) is 11.5 Å². The number of guanidine groups is 1. The lowest BCUT2D eigenvalue weighted by Gasteiger charge is -2.16. The van der Waals surface area contributed by atoms with Crippen molar-refractivity contribution in [1.82, 2.24) is 4.72 Å². The molecular weight excluding hydrogens is 398 g/mol. The molecule has 0 bridgehead atoms. The van der Waals surface area contributed by atoms with Crippen LogP contribution >= 0.6 is 0 Å². The Morgan fingerprint density at radius 3 is 2.24 bits per heavy atom. The van der Waals surface area contributed by atoms with Gasteiger partial charge in [0.15, 0.2) is 5.96 Å². The highest BCUT2D eigenvalue weighted by Crippen LogP contribution is 2.22. The monoisotopic (exact) mass is 421 g/mol. The van der Waals surface area contributed by atoms with Gasteiger partial charge in [-0.3, -0.25) is 4.99 Å². The Morgan fingerprint density at radius 2 is 1.66 bits per heavy atom. The number of hydrogen-bond donors (Lipinski definition) is 4. The molecule has 0 aliphatic carbocycles. The topological polar surface area (TPSA) is 172 Å². The summed E-state index contributed by atoms with van der Waals surface area (Å²) in [5, 5.41) is 0. The van der Waals surface area contributed by atoms with Crippen LogP contribution in [-0.2, 0) is 19.7 Å². The van der Waals surface area contributed by atoms with Crippen molar-refractivity contribution in [2.45, 2.75) is 23.8 Å². The lowest BCUT2D eigenvalue weighted by Crippen LogP contribution is -2.42. The molecule has 156 valence electrons. The number of hydrogen-bond acceptors (Lipinski definition) is 7. The lowest BCUT2D eigenvalue weighted by atomic mass is 10.2. The number of nitrogens with two attached hydrogens (primary N) is 3. The molecule has 0 spiro atoms. The average Bonchev–Trinajstić information content (AvgIpc) is 2.70. The van der Waals surface area contributed by atoms with Crippen LogP contribution in [0.5, 0.6) is 11.5 Å². The van der Waals surface area contributed by atoms with Crippen molar-refractivity contribution in [1.29, 1.82) is 0 Å². The van der Waals surface area contributed by atoms with E-state index in [0.717, 1.165) is 0 Å². The third-order valence-electron chi connectivity index (χ3n) is 3.76. The highest BCUT2D eigenvalue weighted by atomic mass is 32.2. The van der Waals surface area contributed by atoms with E-state index in [-0.39, 0.29) is 23.8 Å². The minimum Gasteiger partial charge on any atom is -0.457 e. The number of para-hydroxylation sites is 1. The zero-order chi connectivity index (χ0) is 21.3. The van der Waals surface area contributed by atoms with Gasteiger partial charge in [0.2, 0.25) is 10.0 Å². The zero-order valence-corrected chi connectivity index (χ0v) is 16.3. The van der Waals surface area contributed by atoms with E-state index in [1.54, 1.807) is 12.1 Å². The molecule has 0 aromatic heterocycles. The minimum absolute atomic E-state index is 0.0445. The summed E-state index contributed by atoms with van der Waals surface area (Å²) < 4.78 is 33.1. The Hall–Kier alpha value is -3.15. The van der Waals surface area contributed by atoms with E-state index < -0.39 is 22.0 Å². The standard InChI is InChI=1S/C18H23N5O5S/c19-18(20)22-12-4-7-16(17(24)28-21)23-29(25,26)15-10-8-14(9-11-15)27-13-5-2-1-3-6-13/h1-3,5-6,8-11,16,23H,4,7,12,21H2,(H4,19,20,22)/t16-/m1/s1. The van der Waals surface area contributed by atoms with Crippen LogP contribution in [0.3, 0.4) is 0 Å². The van der Waals surface area contributed by atoms with Gasteiger partial charge in [-0.25, -0.2) is 13.2 Å². The fraction of sp³-hybridized carbons (Fsp3) is 0.222. The van der Waals surface area contributed by atoms with Crippen molar-refractivity contribution < 1.29 is 22.8 Å². The molecule has 29 heavy (non-hydrogen) atoms. The van der Waals surface area contributed by atoms with Gasteiger partial charge in [-0.15, -0.1) is 0 Å². The molecule has 1 atom stereocenters. The summed E-state index contributed by atoms with van der Waals surface area (Å²) in [7, 11) is -4.00. The van der Waals surface area contributed by atoms with Crippen molar-refractivity contribution in [3.63, 3.8) is 0 Å². The van der Waals surface area contributed by atoms with E-state index in [1.807, 2.05) is 18.2 Å². The van der Waals surface area contributed by atoms with Crippen LogP contribution in [0.4, 0.5) is 0 Å². The second-order valence-corrected chi connectivity index (χ2v) is 7.66. The summed E-state index contributed by atoms with van der Waals surface area (Å²) in [6.45, 7) is 0.226. The Labute approximate surface area is 168 Å². The van der Waals surface area contributed by atoms with E-state index in [2.05, 4.69) is 14.6 Å². The third-order valence-corrected chi connectivity index (χ3v) is 5.24. The smallest absolute Gasteiger partial charge is 0.342 e. The normalized spacial score (nSPS) is 12.0. The molecule has 0 fully saturated rings. The van der Waals surface area contributed by atoms with Crippen LogP contribution in [-0.4, -0.2) is 32.9 Å². The maximum Gasteiger partial charge on any atom is 0.342 e. The van der Waals surface area contributed by atoms with E-state index >= 15 is 0 Å². The molecule has 0 saturated carbocycles. The van der Waals surface area contributed by atoms with E-state index in [1.165, 1.54) is 24.3 Å². The number of nitrogens with zero attached hydrogens (tertiary/aromatic N) is 1. The molecule has 0 heterocycles. The Morgan fingerprint density at radius 1 is 1.03 bits per heavy atom. The fourth-order valence-electron chi connectivity index (χ4n) is 2.38. The number of sulfonamides is 1. The third kappa shape index (κ3) is 7.07. The molecule has 0 amide bonds. The van der Waals surface area contributed by atoms with Gasteiger partial charge < -0.3 is 21.0 Å². The SMILES string of the molecule is NOC(=O)[C@@H](CCCN=C(N)N)NS(=O)(=O)c1ccc(Oc2ccccc2)cc1.